The van der Waals surface area contributed by atoms with Gasteiger partial charge in [0, 0.05) is 20.8 Å². The zero-order valence-corrected chi connectivity index (χ0v) is 11.6. The highest BCUT2D eigenvalue weighted by molar-refractivity contribution is 9.10. The fourth-order valence-electron chi connectivity index (χ4n) is 2.02. The number of benzene rings is 2. The van der Waals surface area contributed by atoms with Gasteiger partial charge >= 0.3 is 0 Å². The third kappa shape index (κ3) is 2.35. The smallest absolute Gasteiger partial charge is 0.0608 e. The zero-order chi connectivity index (χ0) is 11.7. The van der Waals surface area contributed by atoms with Crippen LogP contribution in [0.1, 0.15) is 11.6 Å². The fourth-order valence-corrected chi connectivity index (χ4v) is 3.51. The van der Waals surface area contributed by atoms with Crippen LogP contribution in [0, 0.1) is 0 Å². The first-order valence-electron chi connectivity index (χ1n) is 5.57. The summed E-state index contributed by atoms with van der Waals surface area (Å²) in [6, 6.07) is 17.4. The number of nitrogens with one attached hydrogen (secondary N) is 1. The van der Waals surface area contributed by atoms with E-state index in [1.165, 1.54) is 16.1 Å². The molecule has 1 heterocycles. The van der Waals surface area contributed by atoms with Gasteiger partial charge in [-0.15, -0.1) is 11.8 Å². The molecule has 1 N–H and O–H groups in total. The average Bonchev–Trinajstić information content (AvgIpc) is 2.38. The van der Waals surface area contributed by atoms with E-state index in [0.29, 0.717) is 6.04 Å². The van der Waals surface area contributed by atoms with Crippen molar-refractivity contribution in [2.45, 2.75) is 10.9 Å². The monoisotopic (exact) mass is 305 g/mol. The van der Waals surface area contributed by atoms with Gasteiger partial charge in [0.25, 0.3) is 0 Å². The largest absolute Gasteiger partial charge is 0.376 e. The van der Waals surface area contributed by atoms with Gasteiger partial charge in [0.05, 0.1) is 6.04 Å². The van der Waals surface area contributed by atoms with Gasteiger partial charge in [-0.25, -0.2) is 0 Å². The van der Waals surface area contributed by atoms with Crippen molar-refractivity contribution >= 4 is 33.4 Å². The van der Waals surface area contributed by atoms with Crippen molar-refractivity contribution in [2.24, 2.45) is 0 Å². The molecule has 0 aromatic heterocycles. The van der Waals surface area contributed by atoms with Crippen molar-refractivity contribution < 1.29 is 0 Å². The molecule has 0 saturated heterocycles. The molecule has 0 aliphatic carbocycles. The van der Waals surface area contributed by atoms with Crippen molar-refractivity contribution in [3.63, 3.8) is 0 Å². The minimum Gasteiger partial charge on any atom is -0.376 e. The Kier molecular flexibility index (Phi) is 3.12. The Labute approximate surface area is 114 Å². The Hall–Kier alpha value is -0.930. The first-order chi connectivity index (χ1) is 8.33. The summed E-state index contributed by atoms with van der Waals surface area (Å²) in [6.45, 7) is 0. The van der Waals surface area contributed by atoms with Crippen molar-refractivity contribution in [3.8, 4) is 0 Å². The van der Waals surface area contributed by atoms with E-state index >= 15 is 0 Å². The van der Waals surface area contributed by atoms with E-state index in [4.69, 9.17) is 0 Å². The number of halogens is 1. The van der Waals surface area contributed by atoms with E-state index < -0.39 is 0 Å². The number of fused-ring (bicyclic) bond motifs is 1. The van der Waals surface area contributed by atoms with Crippen molar-refractivity contribution in [3.05, 3.63) is 58.6 Å². The van der Waals surface area contributed by atoms with Crippen LogP contribution in [0.3, 0.4) is 0 Å². The second kappa shape index (κ2) is 4.75. The summed E-state index contributed by atoms with van der Waals surface area (Å²) >= 11 is 5.45. The SMILES string of the molecule is Brc1cccc([C@@H]2CSc3ccccc3N2)c1. The Balaban J connectivity index is 1.89. The molecule has 86 valence electrons. The van der Waals surface area contributed by atoms with Crippen LogP contribution >= 0.6 is 27.7 Å². The average molecular weight is 306 g/mol. The lowest BCUT2D eigenvalue weighted by atomic mass is 10.1. The third-order valence-corrected chi connectivity index (χ3v) is 4.53. The van der Waals surface area contributed by atoms with Crippen molar-refractivity contribution in [1.82, 2.24) is 0 Å². The molecule has 0 spiro atoms. The van der Waals surface area contributed by atoms with Gasteiger partial charge in [-0.3, -0.25) is 0 Å². The molecule has 0 bridgehead atoms. The molecule has 0 amide bonds. The van der Waals surface area contributed by atoms with Gasteiger partial charge < -0.3 is 5.32 Å². The van der Waals surface area contributed by atoms with E-state index in [1.807, 2.05) is 11.8 Å². The predicted molar refractivity (Wildman–Crippen MR) is 77.7 cm³/mol. The maximum atomic E-state index is 3.60. The number of para-hydroxylation sites is 1. The van der Waals surface area contributed by atoms with Crippen LogP contribution in [0.5, 0.6) is 0 Å². The topological polar surface area (TPSA) is 12.0 Å². The molecule has 0 fully saturated rings. The van der Waals surface area contributed by atoms with Crippen LogP contribution < -0.4 is 5.32 Å². The number of hydrogen-bond acceptors (Lipinski definition) is 2. The van der Waals surface area contributed by atoms with E-state index in [1.54, 1.807) is 0 Å². The van der Waals surface area contributed by atoms with Crippen molar-refractivity contribution in [2.75, 3.05) is 11.1 Å². The minimum atomic E-state index is 0.396. The van der Waals surface area contributed by atoms with Gasteiger partial charge in [-0.2, -0.15) is 0 Å². The quantitative estimate of drug-likeness (QED) is 0.819. The van der Waals surface area contributed by atoms with Gasteiger partial charge in [0.15, 0.2) is 0 Å². The summed E-state index contributed by atoms with van der Waals surface area (Å²) < 4.78 is 1.14. The van der Waals surface area contributed by atoms with Crippen LogP contribution in [-0.2, 0) is 0 Å². The normalized spacial score (nSPS) is 18.3. The molecular formula is C14H12BrNS. The molecule has 0 radical (unpaired) electrons. The Bertz CT molecular complexity index is 541. The van der Waals surface area contributed by atoms with Crippen molar-refractivity contribution in [1.29, 1.82) is 0 Å². The molecule has 1 atom stereocenters. The molecule has 0 unspecified atom stereocenters. The van der Waals surface area contributed by atoms with Gasteiger partial charge in [-0.05, 0) is 29.8 Å². The van der Waals surface area contributed by atoms with Crippen LogP contribution in [-0.4, -0.2) is 5.75 Å². The maximum absolute atomic E-state index is 3.60. The van der Waals surface area contributed by atoms with Crippen LogP contribution in [0.25, 0.3) is 0 Å². The predicted octanol–water partition coefficient (Wildman–Crippen LogP) is 4.71. The second-order valence-electron chi connectivity index (χ2n) is 4.06. The number of rotatable bonds is 1. The highest BCUT2D eigenvalue weighted by Crippen LogP contribution is 2.38. The summed E-state index contributed by atoms with van der Waals surface area (Å²) in [5.74, 6) is 1.08. The highest BCUT2D eigenvalue weighted by Gasteiger charge is 2.19. The third-order valence-electron chi connectivity index (χ3n) is 2.87. The zero-order valence-electron chi connectivity index (χ0n) is 9.19. The summed E-state index contributed by atoms with van der Waals surface area (Å²) in [4.78, 5) is 1.35. The lowest BCUT2D eigenvalue weighted by Gasteiger charge is -2.26. The lowest BCUT2D eigenvalue weighted by Crippen LogP contribution is -2.17. The lowest BCUT2D eigenvalue weighted by molar-refractivity contribution is 0.879. The summed E-state index contributed by atoms with van der Waals surface area (Å²) in [5, 5.41) is 3.60. The van der Waals surface area contributed by atoms with Crippen LogP contribution in [0.4, 0.5) is 5.69 Å². The van der Waals surface area contributed by atoms with E-state index in [0.717, 1.165) is 10.2 Å². The first-order valence-corrected chi connectivity index (χ1v) is 7.34. The number of hydrogen-bond donors (Lipinski definition) is 1. The van der Waals surface area contributed by atoms with Gasteiger partial charge in [0.2, 0.25) is 0 Å². The van der Waals surface area contributed by atoms with E-state index in [-0.39, 0.29) is 0 Å². The number of thioether (sulfide) groups is 1. The summed E-state index contributed by atoms with van der Waals surface area (Å²) in [7, 11) is 0. The fraction of sp³-hybridized carbons (Fsp3) is 0.143. The van der Waals surface area contributed by atoms with Crippen LogP contribution in [0.2, 0.25) is 0 Å². The summed E-state index contributed by atoms with van der Waals surface area (Å²) in [6.07, 6.45) is 0. The molecule has 2 aromatic carbocycles. The minimum absolute atomic E-state index is 0.396. The van der Waals surface area contributed by atoms with Crippen LogP contribution in [0.15, 0.2) is 57.9 Å². The second-order valence-corrected chi connectivity index (χ2v) is 6.04. The first kappa shape index (κ1) is 11.2. The molecule has 1 aliphatic rings. The highest BCUT2D eigenvalue weighted by atomic mass is 79.9. The maximum Gasteiger partial charge on any atom is 0.0608 e. The Morgan fingerprint density at radius 1 is 1.12 bits per heavy atom. The number of anilines is 1. The van der Waals surface area contributed by atoms with E-state index in [9.17, 15) is 0 Å². The summed E-state index contributed by atoms with van der Waals surface area (Å²) in [5.41, 5.74) is 2.58. The molecule has 2 aromatic rings. The molecule has 3 heteroatoms. The Morgan fingerprint density at radius 3 is 2.88 bits per heavy atom. The molecular weight excluding hydrogens is 294 g/mol. The standard InChI is InChI=1S/C14H12BrNS/c15-11-5-3-4-10(8-11)13-9-17-14-7-2-1-6-12(14)16-13/h1-8,13,16H,9H2/t13-/m0/s1. The molecule has 0 saturated carbocycles. The molecule has 1 aliphatic heterocycles. The Morgan fingerprint density at radius 2 is 2.00 bits per heavy atom. The molecule has 1 nitrogen and oxygen atoms in total. The molecule has 3 rings (SSSR count). The van der Waals surface area contributed by atoms with Gasteiger partial charge in [0.1, 0.15) is 0 Å². The van der Waals surface area contributed by atoms with E-state index in [2.05, 4.69) is 69.8 Å². The van der Waals surface area contributed by atoms with Gasteiger partial charge in [-0.1, -0.05) is 40.2 Å². The molecule has 17 heavy (non-hydrogen) atoms.